The summed E-state index contributed by atoms with van der Waals surface area (Å²) in [4.78, 5) is 23.6. The maximum atomic E-state index is 12.3. The number of nitrogens with zero attached hydrogens (tertiary/aromatic N) is 2. The molecule has 0 aliphatic carbocycles. The number of hydrogen-bond donors (Lipinski definition) is 4. The third-order valence-electron chi connectivity index (χ3n) is 5.51. The lowest BCUT2D eigenvalue weighted by molar-refractivity contribution is -0.114. The van der Waals surface area contributed by atoms with E-state index in [-0.39, 0.29) is 27.7 Å². The van der Waals surface area contributed by atoms with Crippen molar-refractivity contribution in [1.29, 1.82) is 0 Å². The Morgan fingerprint density at radius 2 is 1.91 bits per heavy atom. The van der Waals surface area contributed by atoms with Crippen LogP contribution >= 0.6 is 11.6 Å². The molecule has 0 unspecified atom stereocenters. The Kier molecular flexibility index (Phi) is 6.34. The van der Waals surface area contributed by atoms with Gasteiger partial charge in [0.05, 0.1) is 11.3 Å². The van der Waals surface area contributed by atoms with Gasteiger partial charge in [0.15, 0.2) is 5.71 Å². The highest BCUT2D eigenvalue weighted by Gasteiger charge is 2.25. The first-order chi connectivity index (χ1) is 16.2. The van der Waals surface area contributed by atoms with E-state index in [1.165, 1.54) is 29.8 Å². The van der Waals surface area contributed by atoms with Crippen LogP contribution in [0, 0.1) is 13.8 Å². The van der Waals surface area contributed by atoms with Crippen LogP contribution in [0.3, 0.4) is 0 Å². The molecular weight excluding hydrogens is 456 g/mol. The Morgan fingerprint density at radius 1 is 1.12 bits per heavy atom. The number of nitrogens with one attached hydrogen (secondary N) is 2. The van der Waals surface area contributed by atoms with Crippen molar-refractivity contribution in [3.8, 4) is 16.9 Å². The number of hydrazone groups is 2. The average molecular weight is 477 g/mol. The molecule has 0 spiro atoms. The molecule has 0 saturated carbocycles. The quantitative estimate of drug-likeness (QED) is 0.307. The van der Waals surface area contributed by atoms with Crippen LogP contribution < -0.4 is 10.9 Å². The summed E-state index contributed by atoms with van der Waals surface area (Å²) in [6.45, 7) is 4.04. The second-order valence-corrected chi connectivity index (χ2v) is 8.34. The minimum Gasteiger partial charge on any atom is -0.505 e. The van der Waals surface area contributed by atoms with Crippen LogP contribution in [0.2, 0.25) is 5.02 Å². The number of halogens is 1. The van der Waals surface area contributed by atoms with E-state index in [4.69, 9.17) is 11.6 Å². The van der Waals surface area contributed by atoms with Crippen molar-refractivity contribution in [2.45, 2.75) is 20.3 Å². The Morgan fingerprint density at radius 3 is 2.65 bits per heavy atom. The van der Waals surface area contributed by atoms with Crippen molar-refractivity contribution in [2.24, 2.45) is 10.2 Å². The SMILES string of the molecule is Cc1ccc(CC2=NNC(=O)C2=NNc2cc(Cl)cc(-c3cccc(C(=O)O)c3)c2O)cc1C. The molecule has 4 N–H and O–H groups in total. The van der Waals surface area contributed by atoms with Gasteiger partial charge in [0.25, 0.3) is 5.91 Å². The van der Waals surface area contributed by atoms with E-state index in [1.807, 2.05) is 32.0 Å². The molecule has 0 saturated heterocycles. The zero-order valence-electron chi connectivity index (χ0n) is 18.4. The Hall–Kier alpha value is -4.17. The molecule has 3 aromatic rings. The molecule has 172 valence electrons. The molecule has 1 amide bonds. The number of aromatic hydroxyl groups is 1. The molecule has 3 aromatic carbocycles. The van der Waals surface area contributed by atoms with E-state index in [1.54, 1.807) is 12.1 Å². The highest BCUT2D eigenvalue weighted by Crippen LogP contribution is 2.38. The lowest BCUT2D eigenvalue weighted by Crippen LogP contribution is -2.25. The molecule has 1 heterocycles. The lowest BCUT2D eigenvalue weighted by atomic mass is 10.0. The standard InChI is InChI=1S/C25H21ClN4O4/c1-13-6-7-15(8-14(13)2)9-20-22(24(32)30-27-20)29-28-21-12-18(26)11-19(23(21)31)16-4-3-5-17(10-16)25(33)34/h3-8,10-12,28,31H,9H2,1-2H3,(H,33,34)(H,29,30,32). The summed E-state index contributed by atoms with van der Waals surface area (Å²) in [6, 6.07) is 15.1. The molecule has 8 nitrogen and oxygen atoms in total. The zero-order chi connectivity index (χ0) is 24.4. The van der Waals surface area contributed by atoms with Crippen LogP contribution in [-0.4, -0.2) is 33.5 Å². The van der Waals surface area contributed by atoms with Crippen LogP contribution in [0.4, 0.5) is 5.69 Å². The van der Waals surface area contributed by atoms with Crippen molar-refractivity contribution in [2.75, 3.05) is 5.43 Å². The fraction of sp³-hybridized carbons (Fsp3) is 0.120. The topological polar surface area (TPSA) is 123 Å². The average Bonchev–Trinajstić information content (AvgIpc) is 3.15. The van der Waals surface area contributed by atoms with E-state index in [0.717, 1.165) is 11.1 Å². The van der Waals surface area contributed by atoms with Crippen molar-refractivity contribution < 1.29 is 19.8 Å². The summed E-state index contributed by atoms with van der Waals surface area (Å²) in [5.74, 6) is -1.75. The van der Waals surface area contributed by atoms with Gasteiger partial charge in [-0.05, 0) is 60.4 Å². The Labute approximate surface area is 200 Å². The summed E-state index contributed by atoms with van der Waals surface area (Å²) in [5, 5.41) is 28.6. The number of phenolic OH excluding ortho intramolecular Hbond substituents is 1. The number of carboxylic acid groups (broad SMARTS) is 1. The summed E-state index contributed by atoms with van der Waals surface area (Å²) in [7, 11) is 0. The predicted octanol–water partition coefficient (Wildman–Crippen LogP) is 4.52. The number of carboxylic acids is 1. The van der Waals surface area contributed by atoms with Gasteiger partial charge in [-0.3, -0.25) is 10.2 Å². The van der Waals surface area contributed by atoms with Crippen LogP contribution in [0.5, 0.6) is 5.75 Å². The number of phenols is 1. The molecule has 0 aromatic heterocycles. The van der Waals surface area contributed by atoms with Gasteiger partial charge in [0, 0.05) is 17.0 Å². The van der Waals surface area contributed by atoms with Gasteiger partial charge < -0.3 is 10.2 Å². The normalized spacial score (nSPS) is 14.1. The number of amides is 1. The monoisotopic (exact) mass is 476 g/mol. The number of carbonyl (C=O) groups is 2. The number of aryl methyl sites for hydroxylation is 2. The fourth-order valence-corrected chi connectivity index (χ4v) is 3.76. The van der Waals surface area contributed by atoms with E-state index in [9.17, 15) is 19.8 Å². The first-order valence-electron chi connectivity index (χ1n) is 10.4. The van der Waals surface area contributed by atoms with E-state index >= 15 is 0 Å². The molecule has 4 rings (SSSR count). The van der Waals surface area contributed by atoms with Gasteiger partial charge in [0.1, 0.15) is 11.4 Å². The first kappa shape index (κ1) is 23.0. The zero-order valence-corrected chi connectivity index (χ0v) is 19.1. The number of aromatic carboxylic acids is 1. The fourth-order valence-electron chi connectivity index (χ4n) is 3.54. The van der Waals surface area contributed by atoms with Crippen molar-refractivity contribution >= 4 is 40.6 Å². The van der Waals surface area contributed by atoms with Crippen molar-refractivity contribution in [1.82, 2.24) is 5.43 Å². The van der Waals surface area contributed by atoms with Crippen LogP contribution in [0.1, 0.15) is 27.0 Å². The van der Waals surface area contributed by atoms with Gasteiger partial charge in [-0.2, -0.15) is 10.2 Å². The number of hydrogen-bond acceptors (Lipinski definition) is 6. The van der Waals surface area contributed by atoms with Crippen LogP contribution in [0.25, 0.3) is 11.1 Å². The van der Waals surface area contributed by atoms with E-state index < -0.39 is 11.9 Å². The highest BCUT2D eigenvalue weighted by molar-refractivity contribution is 6.69. The third-order valence-corrected chi connectivity index (χ3v) is 5.73. The molecule has 1 aliphatic rings. The molecule has 9 heteroatoms. The summed E-state index contributed by atoms with van der Waals surface area (Å²) in [5.41, 5.74) is 9.96. The highest BCUT2D eigenvalue weighted by atomic mass is 35.5. The van der Waals surface area contributed by atoms with Crippen molar-refractivity contribution in [3.05, 3.63) is 81.9 Å². The van der Waals surface area contributed by atoms with Gasteiger partial charge in [-0.15, -0.1) is 0 Å². The third kappa shape index (κ3) is 4.77. The van der Waals surface area contributed by atoms with Crippen LogP contribution in [-0.2, 0) is 11.2 Å². The largest absolute Gasteiger partial charge is 0.505 e. The van der Waals surface area contributed by atoms with Crippen molar-refractivity contribution in [3.63, 3.8) is 0 Å². The number of carbonyl (C=O) groups excluding carboxylic acids is 1. The molecule has 1 aliphatic heterocycles. The maximum Gasteiger partial charge on any atom is 0.335 e. The summed E-state index contributed by atoms with van der Waals surface area (Å²) < 4.78 is 0. The molecular formula is C25H21ClN4O4. The maximum absolute atomic E-state index is 12.3. The number of anilines is 1. The number of benzene rings is 3. The molecule has 0 atom stereocenters. The second-order valence-electron chi connectivity index (χ2n) is 7.90. The Balaban J connectivity index is 1.63. The predicted molar refractivity (Wildman–Crippen MR) is 132 cm³/mol. The molecule has 0 radical (unpaired) electrons. The minimum atomic E-state index is -1.09. The Bertz CT molecular complexity index is 1380. The first-order valence-corrected chi connectivity index (χ1v) is 10.7. The lowest BCUT2D eigenvalue weighted by Gasteiger charge is -2.12. The van der Waals surface area contributed by atoms with Crippen LogP contribution in [0.15, 0.2) is 64.8 Å². The van der Waals surface area contributed by atoms with E-state index in [2.05, 4.69) is 21.1 Å². The smallest absolute Gasteiger partial charge is 0.335 e. The van der Waals surface area contributed by atoms with Gasteiger partial charge in [0.2, 0.25) is 0 Å². The molecule has 0 fully saturated rings. The second kappa shape index (κ2) is 9.36. The van der Waals surface area contributed by atoms with Gasteiger partial charge >= 0.3 is 5.97 Å². The van der Waals surface area contributed by atoms with Gasteiger partial charge in [-0.1, -0.05) is 41.9 Å². The molecule has 34 heavy (non-hydrogen) atoms. The summed E-state index contributed by atoms with van der Waals surface area (Å²) >= 11 is 6.24. The number of rotatable bonds is 6. The minimum absolute atomic E-state index is 0.0708. The van der Waals surface area contributed by atoms with E-state index in [0.29, 0.717) is 23.3 Å². The molecule has 0 bridgehead atoms. The summed E-state index contributed by atoms with van der Waals surface area (Å²) in [6.07, 6.45) is 0.398. The van der Waals surface area contributed by atoms with Gasteiger partial charge in [-0.25, -0.2) is 10.2 Å².